The summed E-state index contributed by atoms with van der Waals surface area (Å²) in [7, 11) is 0. The van der Waals surface area contributed by atoms with E-state index in [0.29, 0.717) is 0 Å². The Morgan fingerprint density at radius 1 is 0.600 bits per heavy atom. The van der Waals surface area contributed by atoms with Crippen LogP contribution in [0.25, 0.3) is 0 Å². The molecule has 0 saturated heterocycles. The quantitative estimate of drug-likeness (QED) is 0.419. The van der Waals surface area contributed by atoms with Gasteiger partial charge in [-0.3, -0.25) is 0 Å². The summed E-state index contributed by atoms with van der Waals surface area (Å²) in [4.78, 5) is 37.1. The molecule has 0 fully saturated rings. The van der Waals surface area contributed by atoms with E-state index in [1.165, 1.54) is 0 Å². The molecule has 0 aliphatic rings. The number of carbonyl (C=O) groups is 4. The van der Waals surface area contributed by atoms with Crippen LogP contribution in [0.5, 0.6) is 0 Å². The van der Waals surface area contributed by atoms with Crippen molar-refractivity contribution in [1.82, 2.24) is 0 Å². The minimum Gasteiger partial charge on any atom is -0.550 e. The predicted octanol–water partition coefficient (Wildman–Crippen LogP) is -6.17. The summed E-state index contributed by atoms with van der Waals surface area (Å²) < 4.78 is 0. The van der Waals surface area contributed by atoms with Gasteiger partial charge in [-0.2, -0.15) is 0 Å². The Labute approximate surface area is 84.8 Å². The van der Waals surface area contributed by atoms with Crippen molar-refractivity contribution in [2.45, 2.75) is 12.8 Å². The number of hydrogen-bond acceptors (Lipinski definition) is 8. The molecule has 80 valence electrons. The second-order valence-electron chi connectivity index (χ2n) is 1.84. The molecule has 0 aliphatic carbocycles. The minimum atomic E-state index is -1.63. The van der Waals surface area contributed by atoms with E-state index in [0.717, 1.165) is 0 Å². The summed E-state index contributed by atoms with van der Waals surface area (Å²) in [5.41, 5.74) is 0. The third kappa shape index (κ3) is 33.5. The van der Waals surface area contributed by atoms with Crippen LogP contribution in [-0.2, 0) is 19.2 Å². The molecule has 0 aromatic rings. The number of hydrogen-bond donors (Lipinski definition) is 0. The Balaban J connectivity index is -0.000000180. The molecule has 0 aromatic heterocycles. The van der Waals surface area contributed by atoms with E-state index in [1.807, 2.05) is 0 Å². The molecule has 0 heterocycles. The predicted molar refractivity (Wildman–Crippen MR) is 32.5 cm³/mol. The maximum Gasteiger partial charge on any atom is 4.00 e. The normalized spacial score (nSPS) is 7.47. The van der Waals surface area contributed by atoms with E-state index in [-0.39, 0.29) is 7.43 Å². The number of rotatable bonds is 4. The van der Waals surface area contributed by atoms with Gasteiger partial charge in [0.15, 0.2) is 0 Å². The summed E-state index contributed by atoms with van der Waals surface area (Å²) in [5.74, 6) is -6.50. The van der Waals surface area contributed by atoms with E-state index in [9.17, 15) is 39.6 Å². The molecular formula is C7H4O8. The first-order valence-corrected chi connectivity index (χ1v) is 3.05. The van der Waals surface area contributed by atoms with E-state index in [4.69, 9.17) is 0 Å². The molecule has 0 atom stereocenters. The monoisotopic (exact) mass is 216 g/mol. The first-order valence-electron chi connectivity index (χ1n) is 3.05. The van der Waals surface area contributed by atoms with Gasteiger partial charge in [-0.05, 0) is 0 Å². The van der Waals surface area contributed by atoms with Gasteiger partial charge in [0, 0.05) is 36.7 Å². The molecule has 0 saturated carbocycles. The van der Waals surface area contributed by atoms with Crippen LogP contribution in [0.3, 0.4) is 0 Å². The Morgan fingerprint density at radius 3 is 0.733 bits per heavy atom. The molecule has 0 aliphatic heterocycles. The van der Waals surface area contributed by atoms with Gasteiger partial charge in [0.1, 0.15) is 0 Å². The van der Waals surface area contributed by atoms with Crippen LogP contribution in [0.4, 0.5) is 0 Å². The topological polar surface area (TPSA) is 161 Å². The number of aliphatic carboxylic acids is 4. The van der Waals surface area contributed by atoms with Gasteiger partial charge in [-0.25, -0.2) is 0 Å². The van der Waals surface area contributed by atoms with E-state index >= 15 is 0 Å². The van der Waals surface area contributed by atoms with Crippen LogP contribution < -0.4 is 20.4 Å². The largest absolute Gasteiger partial charge is 4.00 e. The zero-order valence-electron chi connectivity index (χ0n) is 7.18. The zero-order chi connectivity index (χ0) is 11.7. The summed E-state index contributed by atoms with van der Waals surface area (Å²) in [6.07, 6.45) is -2.06. The van der Waals surface area contributed by atoms with E-state index in [2.05, 4.69) is 0 Å². The first-order chi connectivity index (χ1) is 6.25. The van der Waals surface area contributed by atoms with Crippen LogP contribution in [0.1, 0.15) is 12.8 Å². The fraction of sp³-hybridized carbons (Fsp3) is 0.286. The molecule has 0 radical (unpaired) electrons. The number of carboxylic acid groups (broad SMARTS) is 4. The fourth-order valence-corrected chi connectivity index (χ4v) is 0.236. The van der Waals surface area contributed by atoms with Crippen LogP contribution in [0.15, 0.2) is 0 Å². The molecular weight excluding hydrogens is 212 g/mol. The number of carboxylic acids is 4. The fourth-order valence-electron chi connectivity index (χ4n) is 0.236. The Morgan fingerprint density at radius 2 is 0.733 bits per heavy atom. The van der Waals surface area contributed by atoms with Gasteiger partial charge in [0.05, 0.1) is 0 Å². The molecule has 0 unspecified atom stereocenters. The maximum absolute atomic E-state index is 9.28. The van der Waals surface area contributed by atoms with Crippen molar-refractivity contribution in [2.75, 3.05) is 0 Å². The molecule has 15 heavy (non-hydrogen) atoms. The first kappa shape index (κ1) is 18.6. The van der Waals surface area contributed by atoms with E-state index < -0.39 is 36.7 Å². The van der Waals surface area contributed by atoms with Gasteiger partial charge >= 0.3 is 7.43 Å². The van der Waals surface area contributed by atoms with Crippen molar-refractivity contribution in [3.8, 4) is 0 Å². The molecule has 0 amide bonds. The standard InChI is InChI=1S/2C3H4O4.C/c2*4-2(5)1-3(6)7;/h2*1H2,(H,4,5)(H,6,7);/q;;+4/p-4. The summed E-state index contributed by atoms with van der Waals surface area (Å²) in [6.45, 7) is 0. The molecule has 0 rings (SSSR count). The Hall–Kier alpha value is -2.12. The van der Waals surface area contributed by atoms with Crippen molar-refractivity contribution in [3.05, 3.63) is 7.43 Å². The van der Waals surface area contributed by atoms with Crippen LogP contribution in [0, 0.1) is 7.43 Å². The van der Waals surface area contributed by atoms with Gasteiger partial charge in [0.25, 0.3) is 0 Å². The van der Waals surface area contributed by atoms with Gasteiger partial charge in [-0.1, -0.05) is 0 Å². The zero-order valence-corrected chi connectivity index (χ0v) is 7.18. The molecule has 0 spiro atoms. The Bertz CT molecular complexity index is 193. The van der Waals surface area contributed by atoms with Crippen molar-refractivity contribution >= 4 is 23.9 Å². The summed E-state index contributed by atoms with van der Waals surface area (Å²) in [6, 6.07) is 0. The van der Waals surface area contributed by atoms with Crippen molar-refractivity contribution in [1.29, 1.82) is 0 Å². The SMILES string of the molecule is O=C([O-])CC(=O)[O-].O=C([O-])CC(=O)[O-].[C+4]. The smallest absolute Gasteiger partial charge is 0.550 e. The molecule has 0 aromatic carbocycles. The third-order valence-electron chi connectivity index (χ3n) is 0.577. The van der Waals surface area contributed by atoms with E-state index in [1.54, 1.807) is 0 Å². The average molecular weight is 216 g/mol. The van der Waals surface area contributed by atoms with Gasteiger partial charge in [0.2, 0.25) is 0 Å². The summed E-state index contributed by atoms with van der Waals surface area (Å²) >= 11 is 0. The molecule has 0 N–H and O–H groups in total. The third-order valence-corrected chi connectivity index (χ3v) is 0.577. The van der Waals surface area contributed by atoms with Crippen LogP contribution in [0.2, 0.25) is 0 Å². The molecule has 8 heteroatoms. The van der Waals surface area contributed by atoms with Crippen molar-refractivity contribution < 1.29 is 39.6 Å². The van der Waals surface area contributed by atoms with Crippen molar-refractivity contribution in [3.63, 3.8) is 0 Å². The molecule has 0 bridgehead atoms. The second kappa shape index (κ2) is 9.96. The van der Waals surface area contributed by atoms with Crippen LogP contribution >= 0.6 is 0 Å². The van der Waals surface area contributed by atoms with Crippen molar-refractivity contribution in [2.24, 2.45) is 0 Å². The minimum absolute atomic E-state index is 0. The second-order valence-corrected chi connectivity index (χ2v) is 1.84. The van der Waals surface area contributed by atoms with Gasteiger partial charge < -0.3 is 39.6 Å². The summed E-state index contributed by atoms with van der Waals surface area (Å²) in [5, 5.41) is 37.1. The average Bonchev–Trinajstić information content (AvgIpc) is 1.79. The molecule has 8 nitrogen and oxygen atoms in total. The van der Waals surface area contributed by atoms with Crippen LogP contribution in [-0.4, -0.2) is 23.9 Å². The van der Waals surface area contributed by atoms with Gasteiger partial charge in [-0.15, -0.1) is 0 Å². The maximum atomic E-state index is 9.28. The Kier molecular flexibility index (Phi) is 12.4. The number of carbonyl (C=O) groups excluding carboxylic acids is 4.